The Morgan fingerprint density at radius 3 is 2.60 bits per heavy atom. The van der Waals surface area contributed by atoms with Crippen LogP contribution in [0.5, 0.6) is 5.95 Å². The molecule has 0 saturated carbocycles. The first-order valence-corrected chi connectivity index (χ1v) is 9.43. The molecule has 1 N–H and O–H groups in total. The summed E-state index contributed by atoms with van der Waals surface area (Å²) in [5, 5.41) is 18.7. The van der Waals surface area contributed by atoms with E-state index in [-0.39, 0.29) is 16.7 Å². The maximum Gasteiger partial charge on any atom is 0.298 e. The highest BCUT2D eigenvalue weighted by Gasteiger charge is 2.22. The Morgan fingerprint density at radius 2 is 1.92 bits per heavy atom. The molecule has 128 valence electrons. The fraction of sp³-hybridized carbons (Fsp3) is 0.118. The highest BCUT2D eigenvalue weighted by molar-refractivity contribution is 14.1. The van der Waals surface area contributed by atoms with Crippen LogP contribution >= 0.6 is 34.4 Å². The second-order valence-electron chi connectivity index (χ2n) is 5.26. The molecule has 0 bridgehead atoms. The summed E-state index contributed by atoms with van der Waals surface area (Å²) in [7, 11) is 0. The molecule has 0 spiro atoms. The lowest BCUT2D eigenvalue weighted by molar-refractivity contribution is -0.705. The molecule has 1 heterocycles. The third-order valence-electron chi connectivity index (χ3n) is 3.32. The molecule has 0 atom stereocenters. The third kappa shape index (κ3) is 4.51. The van der Waals surface area contributed by atoms with Crippen molar-refractivity contribution in [3.05, 3.63) is 57.7 Å². The number of halogens is 1. The molecule has 3 aromatic rings. The quantitative estimate of drug-likeness (QED) is 0.355. The summed E-state index contributed by atoms with van der Waals surface area (Å²) in [6, 6.07) is 15.0. The summed E-state index contributed by atoms with van der Waals surface area (Å²) >= 11 is 3.29. The molecule has 25 heavy (non-hydrogen) atoms. The van der Waals surface area contributed by atoms with Crippen molar-refractivity contribution in [1.82, 2.24) is 5.27 Å². The number of benzene rings is 2. The molecule has 0 radical (unpaired) electrons. The number of amides is 1. The Bertz CT molecular complexity index is 879. The van der Waals surface area contributed by atoms with Gasteiger partial charge in [-0.1, -0.05) is 17.7 Å². The zero-order chi connectivity index (χ0) is 17.8. The van der Waals surface area contributed by atoms with Crippen molar-refractivity contribution in [2.75, 3.05) is 11.1 Å². The number of hydrogen-bond donors (Lipinski definition) is 1. The van der Waals surface area contributed by atoms with E-state index in [2.05, 4.69) is 33.2 Å². The molecular weight excluding hydrogens is 453 g/mol. The molecule has 1 amide bonds. The second kappa shape index (κ2) is 7.87. The highest BCUT2D eigenvalue weighted by atomic mass is 127. The topological polar surface area (TPSA) is 82.1 Å². The minimum absolute atomic E-state index is 0.0777. The van der Waals surface area contributed by atoms with Crippen LogP contribution in [-0.4, -0.2) is 16.9 Å². The Kier molecular flexibility index (Phi) is 5.59. The maximum atomic E-state index is 12.1. The Hall–Kier alpha value is -2.07. The van der Waals surface area contributed by atoms with Crippen LogP contribution in [0.15, 0.2) is 58.1 Å². The van der Waals surface area contributed by atoms with Crippen molar-refractivity contribution >= 4 is 45.9 Å². The van der Waals surface area contributed by atoms with Gasteiger partial charge in [0.25, 0.3) is 5.03 Å². The molecule has 0 aliphatic rings. The number of carbonyl (C=O) groups is 1. The predicted octanol–water partition coefficient (Wildman–Crippen LogP) is 2.67. The van der Waals surface area contributed by atoms with Crippen LogP contribution in [0.4, 0.5) is 5.69 Å². The van der Waals surface area contributed by atoms with Crippen LogP contribution in [0.1, 0.15) is 5.56 Å². The van der Waals surface area contributed by atoms with Gasteiger partial charge in [-0.05, 0) is 70.2 Å². The number of carbonyl (C=O) groups excluding carboxylic acids is 1. The summed E-state index contributed by atoms with van der Waals surface area (Å²) in [6.07, 6.45) is 0. The van der Waals surface area contributed by atoms with Crippen LogP contribution in [0, 0.1) is 10.5 Å². The van der Waals surface area contributed by atoms with Gasteiger partial charge in [-0.2, -0.15) is 0 Å². The van der Waals surface area contributed by atoms with Gasteiger partial charge >= 0.3 is 0 Å². The number of nitrogens with one attached hydrogen (secondary N) is 1. The second-order valence-corrected chi connectivity index (χ2v) is 7.47. The van der Waals surface area contributed by atoms with Crippen LogP contribution in [0.25, 0.3) is 5.69 Å². The van der Waals surface area contributed by atoms with E-state index in [4.69, 9.17) is 4.52 Å². The van der Waals surface area contributed by atoms with Gasteiger partial charge in [0.15, 0.2) is 5.95 Å². The smallest absolute Gasteiger partial charge is 0.298 e. The van der Waals surface area contributed by atoms with E-state index in [0.29, 0.717) is 11.4 Å². The minimum Gasteiger partial charge on any atom is -0.538 e. The van der Waals surface area contributed by atoms with E-state index in [1.807, 2.05) is 55.5 Å². The highest BCUT2D eigenvalue weighted by Crippen LogP contribution is 2.23. The fourth-order valence-corrected chi connectivity index (χ4v) is 3.19. The lowest BCUT2D eigenvalue weighted by atomic mass is 10.2. The minimum atomic E-state index is -0.562. The summed E-state index contributed by atoms with van der Waals surface area (Å²) in [5.74, 6) is -0.691. The third-order valence-corrected chi connectivity index (χ3v) is 5.06. The molecular formula is C17H14IN3O3S. The van der Waals surface area contributed by atoms with Crippen molar-refractivity contribution < 1.29 is 19.1 Å². The molecule has 0 unspecified atom stereocenters. The van der Waals surface area contributed by atoms with Crippen molar-refractivity contribution in [2.24, 2.45) is 0 Å². The molecule has 0 saturated heterocycles. The van der Waals surface area contributed by atoms with E-state index >= 15 is 0 Å². The molecule has 0 aliphatic heterocycles. The summed E-state index contributed by atoms with van der Waals surface area (Å²) in [5.41, 5.74) is 2.52. The molecule has 8 heteroatoms. The number of hydrogen-bond acceptors (Lipinski definition) is 5. The van der Waals surface area contributed by atoms with E-state index in [0.717, 1.165) is 20.9 Å². The molecule has 1 aromatic heterocycles. The zero-order valence-corrected chi connectivity index (χ0v) is 16.2. The van der Waals surface area contributed by atoms with Gasteiger partial charge in [-0.15, -0.1) is 0 Å². The van der Waals surface area contributed by atoms with E-state index < -0.39 is 5.95 Å². The summed E-state index contributed by atoms with van der Waals surface area (Å²) in [4.78, 5) is 12.1. The van der Waals surface area contributed by atoms with Crippen LogP contribution < -0.4 is 15.1 Å². The SMILES string of the molecule is Cc1ccc(-[n+]2noc([O-])c2SCC(=O)Nc2ccc(I)cc2)cc1. The average Bonchev–Trinajstić information content (AvgIpc) is 2.96. The Labute approximate surface area is 162 Å². The van der Waals surface area contributed by atoms with E-state index in [1.165, 1.54) is 4.68 Å². The van der Waals surface area contributed by atoms with Crippen LogP contribution in [-0.2, 0) is 4.79 Å². The first-order chi connectivity index (χ1) is 12.0. The normalized spacial score (nSPS) is 10.6. The largest absolute Gasteiger partial charge is 0.538 e. The number of nitrogens with zero attached hydrogens (tertiary/aromatic N) is 2. The molecule has 6 nitrogen and oxygen atoms in total. The maximum absolute atomic E-state index is 12.1. The molecule has 0 fully saturated rings. The lowest BCUT2D eigenvalue weighted by Crippen LogP contribution is -2.35. The zero-order valence-electron chi connectivity index (χ0n) is 13.2. The van der Waals surface area contributed by atoms with Crippen LogP contribution in [0.2, 0.25) is 0 Å². The van der Waals surface area contributed by atoms with Crippen molar-refractivity contribution in [1.29, 1.82) is 0 Å². The number of anilines is 1. The first-order valence-electron chi connectivity index (χ1n) is 7.37. The van der Waals surface area contributed by atoms with Gasteiger partial charge in [0, 0.05) is 21.4 Å². The molecule has 0 aliphatic carbocycles. The number of rotatable bonds is 5. The van der Waals surface area contributed by atoms with Crippen molar-refractivity contribution in [3.8, 4) is 11.6 Å². The number of thioether (sulfide) groups is 1. The van der Waals surface area contributed by atoms with Gasteiger partial charge < -0.3 is 14.9 Å². The number of aromatic nitrogens is 2. The van der Waals surface area contributed by atoms with Crippen molar-refractivity contribution in [3.63, 3.8) is 0 Å². The molecule has 2 aromatic carbocycles. The Balaban J connectivity index is 1.68. The Morgan fingerprint density at radius 1 is 1.24 bits per heavy atom. The summed E-state index contributed by atoms with van der Waals surface area (Å²) < 4.78 is 7.24. The standard InChI is InChI=1S/C17H14IN3O3S/c1-11-2-8-14(9-3-11)21-16(17(23)24-20-21)25-10-15(22)19-13-6-4-12(18)5-7-13/h2-9H,10H2,1H3,(H-,19,20,22,23). The number of aryl methyl sites for hydroxylation is 1. The summed E-state index contributed by atoms with van der Waals surface area (Å²) in [6.45, 7) is 1.97. The van der Waals surface area contributed by atoms with Crippen LogP contribution in [0.3, 0.4) is 0 Å². The van der Waals surface area contributed by atoms with Gasteiger partial charge in [0.2, 0.25) is 11.6 Å². The average molecular weight is 467 g/mol. The van der Waals surface area contributed by atoms with Gasteiger partial charge in [-0.25, -0.2) is 0 Å². The van der Waals surface area contributed by atoms with Gasteiger partial charge in [0.1, 0.15) is 0 Å². The molecule has 3 rings (SSSR count). The van der Waals surface area contributed by atoms with E-state index in [9.17, 15) is 9.90 Å². The van der Waals surface area contributed by atoms with Gasteiger partial charge in [-0.3, -0.25) is 4.79 Å². The lowest BCUT2D eigenvalue weighted by Gasteiger charge is -2.04. The van der Waals surface area contributed by atoms with Gasteiger partial charge in [0.05, 0.1) is 11.0 Å². The van der Waals surface area contributed by atoms with Crippen molar-refractivity contribution in [2.45, 2.75) is 11.9 Å². The predicted molar refractivity (Wildman–Crippen MR) is 101 cm³/mol. The first kappa shape index (κ1) is 17.7. The van der Waals surface area contributed by atoms with E-state index in [1.54, 1.807) is 0 Å². The fourth-order valence-electron chi connectivity index (χ4n) is 2.08. The monoisotopic (exact) mass is 467 g/mol.